The largest absolute Gasteiger partial charge is 0.477 e. The van der Waals surface area contributed by atoms with Crippen LogP contribution in [0.2, 0.25) is 0 Å². The molecule has 9 rings (SSSR count). The van der Waals surface area contributed by atoms with Crippen molar-refractivity contribution in [1.82, 2.24) is 0 Å². The first-order valence-corrected chi connectivity index (χ1v) is 19.1. The Kier molecular flexibility index (Phi) is 9.43. The number of hydrogen-bond donors (Lipinski definition) is 1. The summed E-state index contributed by atoms with van der Waals surface area (Å²) in [4.78, 5) is 13.6. The van der Waals surface area contributed by atoms with Gasteiger partial charge in [0, 0.05) is 39.1 Å². The van der Waals surface area contributed by atoms with Crippen LogP contribution in [0.5, 0.6) is 5.75 Å². The summed E-state index contributed by atoms with van der Waals surface area (Å²) in [6, 6.07) is 68.3. The maximum absolute atomic E-state index is 11.3. The summed E-state index contributed by atoms with van der Waals surface area (Å²) < 4.78 is 7.30. The zero-order valence-corrected chi connectivity index (χ0v) is 31.4. The molecule has 0 bridgehead atoms. The quantitative estimate of drug-likeness (QED) is 0.118. The van der Waals surface area contributed by atoms with Gasteiger partial charge in [0.05, 0.1) is 0 Å². The Hall–Kier alpha value is -7.94. The summed E-state index contributed by atoms with van der Waals surface area (Å²) in [5.74, 6) is -0.419. The van der Waals surface area contributed by atoms with Gasteiger partial charge in [0.15, 0.2) is 5.60 Å². The Morgan fingerprint density at radius 2 is 1.09 bits per heavy atom. The van der Waals surface area contributed by atoms with Crippen molar-refractivity contribution in [3.05, 3.63) is 228 Å². The molecule has 0 aliphatic carbocycles. The van der Waals surface area contributed by atoms with Crippen LogP contribution < -0.4 is 9.64 Å². The van der Waals surface area contributed by atoms with Gasteiger partial charge in [-0.15, -0.1) is 0 Å². The Morgan fingerprint density at radius 1 is 0.586 bits per heavy atom. The molecule has 0 fully saturated rings. The number of fused-ring (bicyclic) bond motifs is 3. The lowest BCUT2D eigenvalue weighted by molar-refractivity contribution is -0.132. The highest BCUT2D eigenvalue weighted by Gasteiger charge is 2.38. The first kappa shape index (κ1) is 35.7. The van der Waals surface area contributed by atoms with Crippen LogP contribution in [0.1, 0.15) is 22.3 Å². The van der Waals surface area contributed by atoms with Crippen LogP contribution in [-0.4, -0.2) is 11.1 Å². The molecule has 0 saturated carbocycles. The maximum Gasteiger partial charge on any atom is 0.346 e. The highest BCUT2D eigenvalue weighted by Crippen LogP contribution is 2.48. The summed E-state index contributed by atoms with van der Waals surface area (Å²) in [6.07, 6.45) is 5.73. The average Bonchev–Trinajstić information content (AvgIpc) is 3.29. The molecule has 1 aliphatic rings. The highest BCUT2D eigenvalue weighted by molar-refractivity contribution is 6.03. The van der Waals surface area contributed by atoms with E-state index in [0.717, 1.165) is 72.5 Å². The van der Waals surface area contributed by atoms with Gasteiger partial charge in [-0.25, -0.2) is 4.79 Å². The van der Waals surface area contributed by atoms with Crippen LogP contribution in [0.3, 0.4) is 0 Å². The second-order valence-corrected chi connectivity index (χ2v) is 14.2. The minimum absolute atomic E-state index is 0.307. The van der Waals surface area contributed by atoms with Crippen molar-refractivity contribution in [2.75, 3.05) is 4.90 Å². The number of carboxylic acid groups (broad SMARTS) is 1. The molecule has 5 heteroatoms. The van der Waals surface area contributed by atoms with Crippen molar-refractivity contribution in [3.63, 3.8) is 0 Å². The normalized spacial score (nSPS) is 14.6. The van der Waals surface area contributed by atoms with Crippen molar-refractivity contribution < 1.29 is 14.6 Å². The van der Waals surface area contributed by atoms with Crippen LogP contribution in [0.15, 0.2) is 206 Å². The van der Waals surface area contributed by atoms with E-state index >= 15 is 0 Å². The van der Waals surface area contributed by atoms with E-state index in [0.29, 0.717) is 5.56 Å². The third-order valence-corrected chi connectivity index (χ3v) is 10.7. The number of hydrogen-bond acceptors (Lipinski definition) is 4. The van der Waals surface area contributed by atoms with Crippen LogP contribution in [0, 0.1) is 11.3 Å². The maximum atomic E-state index is 11.3. The third kappa shape index (κ3) is 6.70. The van der Waals surface area contributed by atoms with Crippen LogP contribution >= 0.6 is 0 Å². The molecule has 0 aromatic heterocycles. The molecule has 1 N–H and O–H groups in total. The van der Waals surface area contributed by atoms with Crippen molar-refractivity contribution in [2.24, 2.45) is 0 Å². The van der Waals surface area contributed by atoms with E-state index in [1.54, 1.807) is 6.07 Å². The molecule has 1 heterocycles. The topological polar surface area (TPSA) is 73.6 Å². The summed E-state index contributed by atoms with van der Waals surface area (Å²) >= 11 is 0. The lowest BCUT2D eigenvalue weighted by atomic mass is 9.82. The Labute approximate surface area is 337 Å². The first-order valence-electron chi connectivity index (χ1n) is 19.1. The molecule has 8 aromatic carbocycles. The Morgan fingerprint density at radius 3 is 1.67 bits per heavy atom. The van der Waals surface area contributed by atoms with Crippen molar-refractivity contribution in [1.29, 1.82) is 5.26 Å². The van der Waals surface area contributed by atoms with E-state index in [1.807, 2.05) is 54.6 Å². The van der Waals surface area contributed by atoms with Gasteiger partial charge < -0.3 is 14.7 Å². The number of carbonyl (C=O) groups is 1. The van der Waals surface area contributed by atoms with E-state index in [2.05, 4.69) is 157 Å². The van der Waals surface area contributed by atoms with Gasteiger partial charge in [0.1, 0.15) is 17.4 Å². The molecular formula is C53H36N2O3. The van der Waals surface area contributed by atoms with Crippen molar-refractivity contribution >= 4 is 46.0 Å². The molecule has 0 radical (unpaired) electrons. The molecule has 0 amide bonds. The first-order chi connectivity index (χ1) is 28.5. The second kappa shape index (κ2) is 15.3. The monoisotopic (exact) mass is 748 g/mol. The van der Waals surface area contributed by atoms with Crippen LogP contribution in [0.4, 0.5) is 17.1 Å². The highest BCUT2D eigenvalue weighted by atomic mass is 16.5. The van der Waals surface area contributed by atoms with Gasteiger partial charge >= 0.3 is 5.97 Å². The number of anilines is 3. The fourth-order valence-corrected chi connectivity index (χ4v) is 7.79. The van der Waals surface area contributed by atoms with Gasteiger partial charge in [0.25, 0.3) is 0 Å². The number of carboxylic acids is 1. The minimum atomic E-state index is -1.25. The molecule has 58 heavy (non-hydrogen) atoms. The smallest absolute Gasteiger partial charge is 0.346 e. The molecule has 1 atom stereocenters. The lowest BCUT2D eigenvalue weighted by Gasteiger charge is -2.37. The molecular weight excluding hydrogens is 713 g/mol. The summed E-state index contributed by atoms with van der Waals surface area (Å²) in [5, 5.41) is 20.5. The number of aliphatic carboxylic acids is 1. The third-order valence-electron chi connectivity index (χ3n) is 10.7. The standard InChI is InChI=1S/C53H36N2O3/c54-36-42(52(56)57)34-37-20-22-38(23-21-37)39-24-28-44(29-25-39)53(43-12-4-1-5-13-43)33-32-41-35-50(48-18-10-11-19-49(48)51(41)58-53)40-26-30-47(31-27-40)55(45-14-6-2-7-15-45)46-16-8-3-9-17-46/h1-35H,(H,56,57)/b42-34+. The second-order valence-electron chi connectivity index (χ2n) is 14.2. The van der Waals surface area contributed by atoms with Gasteiger partial charge in [-0.05, 0) is 87.8 Å². The summed E-state index contributed by atoms with van der Waals surface area (Å²) in [6.45, 7) is 0. The number of para-hydroxylation sites is 2. The Bertz CT molecular complexity index is 2820. The van der Waals surface area contributed by atoms with Gasteiger partial charge in [-0.2, -0.15) is 5.26 Å². The lowest BCUT2D eigenvalue weighted by Crippen LogP contribution is -2.34. The van der Waals surface area contributed by atoms with Crippen LogP contribution in [-0.2, 0) is 10.4 Å². The van der Waals surface area contributed by atoms with Crippen LogP contribution in [0.25, 0.3) is 45.2 Å². The van der Waals surface area contributed by atoms with Gasteiger partial charge in [0.2, 0.25) is 0 Å². The minimum Gasteiger partial charge on any atom is -0.477 e. The van der Waals surface area contributed by atoms with Gasteiger partial charge in [-0.1, -0.05) is 158 Å². The molecule has 1 unspecified atom stereocenters. The molecule has 8 aromatic rings. The van der Waals surface area contributed by atoms with E-state index in [9.17, 15) is 9.90 Å². The van der Waals surface area contributed by atoms with E-state index in [4.69, 9.17) is 10.00 Å². The molecule has 5 nitrogen and oxygen atoms in total. The number of benzene rings is 8. The number of ether oxygens (including phenoxy) is 1. The predicted octanol–water partition coefficient (Wildman–Crippen LogP) is 13.0. The number of nitriles is 1. The van der Waals surface area contributed by atoms with E-state index < -0.39 is 11.6 Å². The van der Waals surface area contributed by atoms with E-state index in [-0.39, 0.29) is 5.57 Å². The summed E-state index contributed by atoms with van der Waals surface area (Å²) in [5.41, 5.74) is 9.92. The predicted molar refractivity (Wildman–Crippen MR) is 234 cm³/mol. The number of nitrogens with zero attached hydrogens (tertiary/aromatic N) is 2. The summed E-state index contributed by atoms with van der Waals surface area (Å²) in [7, 11) is 0. The van der Waals surface area contributed by atoms with Gasteiger partial charge in [-0.3, -0.25) is 0 Å². The zero-order chi connectivity index (χ0) is 39.5. The SMILES string of the molecule is N#C/C(=C\c1ccc(-c2ccc(C3(c4ccccc4)C=Cc4cc(-c5ccc(N(c6ccccc6)c6ccccc6)cc5)c5ccccc5c4O3)cc2)cc1)C(=O)O. The number of rotatable bonds is 9. The molecule has 1 aliphatic heterocycles. The molecule has 0 spiro atoms. The van der Waals surface area contributed by atoms with Crippen molar-refractivity contribution in [2.45, 2.75) is 5.60 Å². The van der Waals surface area contributed by atoms with Crippen molar-refractivity contribution in [3.8, 4) is 34.1 Å². The fraction of sp³-hybridized carbons (Fsp3) is 0.0189. The molecule has 276 valence electrons. The average molecular weight is 749 g/mol. The van der Waals surface area contributed by atoms with E-state index in [1.165, 1.54) is 6.08 Å². The molecule has 0 saturated heterocycles. The Balaban J connectivity index is 1.08. The fourth-order valence-electron chi connectivity index (χ4n) is 7.79. The zero-order valence-electron chi connectivity index (χ0n) is 31.4.